The van der Waals surface area contributed by atoms with Gasteiger partial charge in [0.05, 0.1) is 17.6 Å². The zero-order chi connectivity index (χ0) is 20.3. The van der Waals surface area contributed by atoms with Crippen molar-refractivity contribution in [3.63, 3.8) is 0 Å². The second-order valence-corrected chi connectivity index (χ2v) is 9.19. The van der Waals surface area contributed by atoms with Crippen molar-refractivity contribution in [3.05, 3.63) is 54.1 Å². The van der Waals surface area contributed by atoms with Gasteiger partial charge in [0.25, 0.3) is 0 Å². The first-order valence-electron chi connectivity index (χ1n) is 8.32. The monoisotopic (exact) mass is 419 g/mol. The predicted octanol–water partition coefficient (Wildman–Crippen LogP) is 2.21. The van der Waals surface area contributed by atoms with Gasteiger partial charge in [-0.05, 0) is 29.8 Å². The average molecular weight is 420 g/mol. The van der Waals surface area contributed by atoms with E-state index in [1.807, 2.05) is 30.3 Å². The normalized spacial score (nSPS) is 11.7. The van der Waals surface area contributed by atoms with Gasteiger partial charge in [0.2, 0.25) is 15.2 Å². The van der Waals surface area contributed by atoms with E-state index in [1.54, 1.807) is 25.3 Å². The van der Waals surface area contributed by atoms with Gasteiger partial charge >= 0.3 is 0 Å². The Labute approximate surface area is 168 Å². The van der Waals surface area contributed by atoms with Crippen LogP contribution in [0.1, 0.15) is 5.56 Å². The van der Waals surface area contributed by atoms with Crippen LogP contribution in [0.15, 0.2) is 58.6 Å². The van der Waals surface area contributed by atoms with E-state index in [1.165, 1.54) is 34.8 Å². The Morgan fingerprint density at radius 1 is 1.14 bits per heavy atom. The Hall–Kier alpha value is -2.56. The Morgan fingerprint density at radius 3 is 2.61 bits per heavy atom. The third kappa shape index (κ3) is 3.98. The van der Waals surface area contributed by atoms with Crippen molar-refractivity contribution in [1.82, 2.24) is 19.2 Å². The SMILES string of the molecule is COc1ccccc1-c1nnc(SCc2cccc(S(=O)(=O)N(C)C)c2)n1N. The molecule has 0 aliphatic heterocycles. The third-order valence-electron chi connectivity index (χ3n) is 4.06. The van der Waals surface area contributed by atoms with Crippen molar-refractivity contribution in [2.24, 2.45) is 0 Å². The number of methoxy groups -OCH3 is 1. The van der Waals surface area contributed by atoms with Gasteiger partial charge in [-0.15, -0.1) is 10.2 Å². The van der Waals surface area contributed by atoms with Crippen LogP contribution in [-0.4, -0.2) is 48.8 Å². The van der Waals surface area contributed by atoms with E-state index >= 15 is 0 Å². The van der Waals surface area contributed by atoms with E-state index in [9.17, 15) is 8.42 Å². The summed E-state index contributed by atoms with van der Waals surface area (Å²) in [5, 5.41) is 8.84. The van der Waals surface area contributed by atoms with Crippen LogP contribution < -0.4 is 10.6 Å². The van der Waals surface area contributed by atoms with Crippen molar-refractivity contribution in [3.8, 4) is 17.1 Å². The van der Waals surface area contributed by atoms with Crippen LogP contribution in [0.2, 0.25) is 0 Å². The fourth-order valence-electron chi connectivity index (χ4n) is 2.54. The van der Waals surface area contributed by atoms with E-state index in [0.29, 0.717) is 22.5 Å². The van der Waals surface area contributed by atoms with Gasteiger partial charge in [-0.25, -0.2) is 17.4 Å². The molecule has 0 aliphatic carbocycles. The third-order valence-corrected chi connectivity index (χ3v) is 6.88. The summed E-state index contributed by atoms with van der Waals surface area (Å²) in [7, 11) is 1.12. The summed E-state index contributed by atoms with van der Waals surface area (Å²) < 4.78 is 32.5. The molecule has 148 valence electrons. The van der Waals surface area contributed by atoms with Crippen molar-refractivity contribution in [2.45, 2.75) is 15.8 Å². The van der Waals surface area contributed by atoms with Crippen LogP contribution >= 0.6 is 11.8 Å². The van der Waals surface area contributed by atoms with E-state index in [4.69, 9.17) is 10.6 Å². The summed E-state index contributed by atoms with van der Waals surface area (Å²) in [5.41, 5.74) is 1.58. The zero-order valence-corrected chi connectivity index (χ0v) is 17.4. The molecule has 1 aromatic heterocycles. The van der Waals surface area contributed by atoms with Gasteiger partial charge in [-0.3, -0.25) is 0 Å². The second kappa shape index (κ2) is 8.21. The number of hydrogen-bond acceptors (Lipinski definition) is 7. The molecule has 0 unspecified atom stereocenters. The molecular weight excluding hydrogens is 398 g/mol. The maximum atomic E-state index is 12.3. The molecule has 10 heteroatoms. The number of nitrogens with zero attached hydrogens (tertiary/aromatic N) is 4. The molecule has 0 spiro atoms. The molecule has 0 radical (unpaired) electrons. The Kier molecular flexibility index (Phi) is 5.92. The molecular formula is C18H21N5O3S2. The Bertz CT molecular complexity index is 1080. The molecule has 0 bridgehead atoms. The van der Waals surface area contributed by atoms with Gasteiger partial charge in [0, 0.05) is 19.8 Å². The molecule has 0 aliphatic rings. The van der Waals surface area contributed by atoms with Gasteiger partial charge < -0.3 is 10.6 Å². The number of benzene rings is 2. The smallest absolute Gasteiger partial charge is 0.242 e. The lowest BCUT2D eigenvalue weighted by molar-refractivity contribution is 0.416. The summed E-state index contributed by atoms with van der Waals surface area (Å²) in [4.78, 5) is 0.250. The molecule has 8 nitrogen and oxygen atoms in total. The summed E-state index contributed by atoms with van der Waals surface area (Å²) in [6.45, 7) is 0. The van der Waals surface area contributed by atoms with Crippen molar-refractivity contribution < 1.29 is 13.2 Å². The number of ether oxygens (including phenoxy) is 1. The molecule has 0 saturated heterocycles. The predicted molar refractivity (Wildman–Crippen MR) is 109 cm³/mol. The highest BCUT2D eigenvalue weighted by Gasteiger charge is 2.18. The van der Waals surface area contributed by atoms with Crippen LogP contribution in [0.5, 0.6) is 5.75 Å². The second-order valence-electron chi connectivity index (χ2n) is 6.10. The highest BCUT2D eigenvalue weighted by atomic mass is 32.2. The Morgan fingerprint density at radius 2 is 1.89 bits per heavy atom. The molecule has 0 atom stereocenters. The van der Waals surface area contributed by atoms with Crippen molar-refractivity contribution in [1.29, 1.82) is 0 Å². The average Bonchev–Trinajstić information content (AvgIpc) is 3.06. The summed E-state index contributed by atoms with van der Waals surface area (Å²) in [6.07, 6.45) is 0. The van der Waals surface area contributed by atoms with Gasteiger partial charge in [-0.2, -0.15) is 0 Å². The molecule has 1 heterocycles. The molecule has 3 aromatic rings. The lowest BCUT2D eigenvalue weighted by atomic mass is 10.2. The molecule has 0 amide bonds. The fraction of sp³-hybridized carbons (Fsp3) is 0.222. The molecule has 0 saturated carbocycles. The maximum Gasteiger partial charge on any atom is 0.242 e. The standard InChI is InChI=1S/C18H21N5O3S2/c1-22(2)28(24,25)14-8-6-7-13(11-14)12-27-18-21-20-17(23(18)19)15-9-4-5-10-16(15)26-3/h4-11H,12,19H2,1-3H3. The van der Waals surface area contributed by atoms with Gasteiger partial charge in [0.15, 0.2) is 5.82 Å². The lowest BCUT2D eigenvalue weighted by Gasteiger charge is -2.12. The van der Waals surface area contributed by atoms with E-state index in [2.05, 4.69) is 10.2 Å². The maximum absolute atomic E-state index is 12.3. The number of nitrogen functional groups attached to an aromatic ring is 1. The molecule has 0 fully saturated rings. The highest BCUT2D eigenvalue weighted by Crippen LogP contribution is 2.30. The summed E-state index contributed by atoms with van der Waals surface area (Å²) >= 11 is 1.37. The van der Waals surface area contributed by atoms with Crippen LogP contribution in [-0.2, 0) is 15.8 Å². The number of para-hydroxylation sites is 1. The summed E-state index contributed by atoms with van der Waals surface area (Å²) in [6, 6.07) is 14.2. The lowest BCUT2D eigenvalue weighted by Crippen LogP contribution is -2.22. The van der Waals surface area contributed by atoms with E-state index in [0.717, 1.165) is 11.1 Å². The number of sulfonamides is 1. The highest BCUT2D eigenvalue weighted by molar-refractivity contribution is 7.98. The zero-order valence-electron chi connectivity index (χ0n) is 15.7. The molecule has 3 rings (SSSR count). The summed E-state index contributed by atoms with van der Waals surface area (Å²) in [5.74, 6) is 7.82. The first kappa shape index (κ1) is 20.2. The number of aromatic nitrogens is 3. The van der Waals surface area contributed by atoms with E-state index in [-0.39, 0.29) is 4.90 Å². The Balaban J connectivity index is 1.81. The van der Waals surface area contributed by atoms with Crippen molar-refractivity contribution in [2.75, 3.05) is 27.0 Å². The van der Waals surface area contributed by atoms with Crippen LogP contribution in [0.3, 0.4) is 0 Å². The number of rotatable bonds is 7. The van der Waals surface area contributed by atoms with Crippen LogP contribution in [0.4, 0.5) is 0 Å². The minimum absolute atomic E-state index is 0.250. The minimum Gasteiger partial charge on any atom is -0.496 e. The van der Waals surface area contributed by atoms with Crippen molar-refractivity contribution >= 4 is 21.8 Å². The number of hydrogen-bond donors (Lipinski definition) is 1. The first-order valence-corrected chi connectivity index (χ1v) is 10.8. The molecule has 2 aromatic carbocycles. The fourth-order valence-corrected chi connectivity index (χ4v) is 4.31. The van der Waals surface area contributed by atoms with Crippen LogP contribution in [0.25, 0.3) is 11.4 Å². The molecule has 28 heavy (non-hydrogen) atoms. The van der Waals surface area contributed by atoms with E-state index < -0.39 is 10.0 Å². The number of thioether (sulfide) groups is 1. The first-order chi connectivity index (χ1) is 13.3. The minimum atomic E-state index is -3.48. The number of nitrogens with two attached hydrogens (primary N) is 1. The quantitative estimate of drug-likeness (QED) is 0.462. The van der Waals surface area contributed by atoms with Gasteiger partial charge in [-0.1, -0.05) is 36.0 Å². The largest absolute Gasteiger partial charge is 0.496 e. The molecule has 2 N–H and O–H groups in total. The topological polar surface area (TPSA) is 103 Å². The van der Waals surface area contributed by atoms with Crippen LogP contribution in [0, 0.1) is 0 Å². The van der Waals surface area contributed by atoms with Gasteiger partial charge in [0.1, 0.15) is 5.75 Å².